The van der Waals surface area contributed by atoms with E-state index in [1.807, 2.05) is 6.92 Å². The third kappa shape index (κ3) is 3.06. The summed E-state index contributed by atoms with van der Waals surface area (Å²) in [5, 5.41) is 6.78. The summed E-state index contributed by atoms with van der Waals surface area (Å²) >= 11 is 5.81. The zero-order chi connectivity index (χ0) is 14.7. The van der Waals surface area contributed by atoms with E-state index in [0.717, 1.165) is 11.3 Å². The van der Waals surface area contributed by atoms with Gasteiger partial charge in [-0.2, -0.15) is 0 Å². The van der Waals surface area contributed by atoms with Crippen molar-refractivity contribution in [2.45, 2.75) is 20.4 Å². The third-order valence-corrected chi connectivity index (χ3v) is 3.00. The largest absolute Gasteiger partial charge is 0.361 e. The first-order valence-electron chi connectivity index (χ1n) is 5.85. The molecule has 0 bridgehead atoms. The first-order chi connectivity index (χ1) is 9.51. The Labute approximate surface area is 120 Å². The Morgan fingerprint density at radius 3 is 2.80 bits per heavy atom. The predicted molar refractivity (Wildman–Crippen MR) is 74.2 cm³/mol. The number of nitrogens with one attached hydrogen (secondary N) is 2. The van der Waals surface area contributed by atoms with Gasteiger partial charge in [0.25, 0.3) is 5.91 Å². The second-order valence-electron chi connectivity index (χ2n) is 4.19. The number of aryl methyl sites for hydroxylation is 2. The molecule has 0 radical (unpaired) electrons. The molecule has 0 aliphatic carbocycles. The molecule has 0 aromatic carbocycles. The molecule has 2 heterocycles. The van der Waals surface area contributed by atoms with Gasteiger partial charge in [-0.1, -0.05) is 16.8 Å². The zero-order valence-electron chi connectivity index (χ0n) is 11.0. The van der Waals surface area contributed by atoms with Crippen LogP contribution in [0.4, 0.5) is 5.82 Å². The summed E-state index contributed by atoms with van der Waals surface area (Å²) in [6, 6.07) is 2.97. The number of anilines is 1. The van der Waals surface area contributed by atoms with Gasteiger partial charge in [-0.15, -0.1) is 0 Å². The van der Waals surface area contributed by atoms with Crippen LogP contribution in [0, 0.1) is 13.8 Å². The summed E-state index contributed by atoms with van der Waals surface area (Å²) in [4.78, 5) is 16.0. The van der Waals surface area contributed by atoms with E-state index in [1.54, 1.807) is 6.92 Å². The first-order valence-corrected chi connectivity index (χ1v) is 6.23. The van der Waals surface area contributed by atoms with Crippen molar-refractivity contribution >= 4 is 23.3 Å². The van der Waals surface area contributed by atoms with E-state index in [9.17, 15) is 4.79 Å². The maximum Gasteiger partial charge on any atom is 0.251 e. The normalized spacial score (nSPS) is 10.4. The van der Waals surface area contributed by atoms with Crippen molar-refractivity contribution in [3.05, 3.63) is 39.9 Å². The molecular formula is C12H14ClN5O2. The Balaban J connectivity index is 2.11. The van der Waals surface area contributed by atoms with E-state index < -0.39 is 0 Å². The highest BCUT2D eigenvalue weighted by Crippen LogP contribution is 2.15. The molecule has 0 atom stereocenters. The van der Waals surface area contributed by atoms with Crippen LogP contribution in [0.5, 0.6) is 0 Å². The molecule has 2 rings (SSSR count). The van der Waals surface area contributed by atoms with Gasteiger partial charge in [0.15, 0.2) is 0 Å². The van der Waals surface area contributed by atoms with Gasteiger partial charge in [0.05, 0.1) is 5.69 Å². The number of aromatic nitrogens is 2. The number of nitrogens with two attached hydrogens (primary N) is 1. The topological polar surface area (TPSA) is 106 Å². The molecule has 2 aromatic heterocycles. The number of nitrogen functional groups attached to an aromatic ring is 1. The molecule has 0 saturated heterocycles. The SMILES string of the molecule is Cc1noc(C)c1CNC(=O)c1cc(Cl)nc(NN)c1. The lowest BCUT2D eigenvalue weighted by Gasteiger charge is -2.07. The van der Waals surface area contributed by atoms with Crippen LogP contribution in [0.25, 0.3) is 0 Å². The molecule has 2 aromatic rings. The van der Waals surface area contributed by atoms with Gasteiger partial charge in [-0.25, -0.2) is 10.8 Å². The minimum atomic E-state index is -0.286. The molecule has 7 nitrogen and oxygen atoms in total. The highest BCUT2D eigenvalue weighted by atomic mass is 35.5. The van der Waals surface area contributed by atoms with Crippen molar-refractivity contribution in [1.29, 1.82) is 0 Å². The third-order valence-electron chi connectivity index (χ3n) is 2.81. The molecule has 0 fully saturated rings. The lowest BCUT2D eigenvalue weighted by Crippen LogP contribution is -2.23. The van der Waals surface area contributed by atoms with E-state index in [4.69, 9.17) is 22.0 Å². The quantitative estimate of drug-likeness (QED) is 0.449. The number of hydrogen-bond acceptors (Lipinski definition) is 6. The van der Waals surface area contributed by atoms with E-state index >= 15 is 0 Å². The van der Waals surface area contributed by atoms with Gasteiger partial charge >= 0.3 is 0 Å². The molecule has 0 saturated carbocycles. The average molecular weight is 296 g/mol. The molecule has 1 amide bonds. The van der Waals surface area contributed by atoms with Crippen LogP contribution in [0.1, 0.15) is 27.4 Å². The highest BCUT2D eigenvalue weighted by molar-refractivity contribution is 6.29. The fourth-order valence-electron chi connectivity index (χ4n) is 1.73. The first kappa shape index (κ1) is 14.3. The smallest absolute Gasteiger partial charge is 0.251 e. The van der Waals surface area contributed by atoms with Crippen molar-refractivity contribution in [3.8, 4) is 0 Å². The Morgan fingerprint density at radius 1 is 1.45 bits per heavy atom. The number of halogens is 1. The van der Waals surface area contributed by atoms with Crippen molar-refractivity contribution in [2.24, 2.45) is 5.84 Å². The molecule has 4 N–H and O–H groups in total. The van der Waals surface area contributed by atoms with Gasteiger partial charge in [0.2, 0.25) is 0 Å². The van der Waals surface area contributed by atoms with Crippen LogP contribution in [0.15, 0.2) is 16.7 Å². The average Bonchev–Trinajstić information content (AvgIpc) is 2.74. The van der Waals surface area contributed by atoms with Crippen LogP contribution in [-0.2, 0) is 6.54 Å². The van der Waals surface area contributed by atoms with Crippen LogP contribution in [-0.4, -0.2) is 16.0 Å². The minimum Gasteiger partial charge on any atom is -0.361 e. The van der Waals surface area contributed by atoms with Crippen LogP contribution in [0.3, 0.4) is 0 Å². The van der Waals surface area contributed by atoms with Gasteiger partial charge < -0.3 is 15.3 Å². The lowest BCUT2D eigenvalue weighted by atomic mass is 10.2. The summed E-state index contributed by atoms with van der Waals surface area (Å²) < 4.78 is 5.03. The number of amides is 1. The van der Waals surface area contributed by atoms with Crippen molar-refractivity contribution in [2.75, 3.05) is 5.43 Å². The van der Waals surface area contributed by atoms with Crippen LogP contribution < -0.4 is 16.6 Å². The van der Waals surface area contributed by atoms with Gasteiger partial charge in [-0.05, 0) is 26.0 Å². The fraction of sp³-hybridized carbons (Fsp3) is 0.250. The second-order valence-corrected chi connectivity index (χ2v) is 4.58. The molecule has 8 heteroatoms. The number of pyridine rings is 1. The molecule has 0 spiro atoms. The lowest BCUT2D eigenvalue weighted by molar-refractivity contribution is 0.0950. The molecule has 0 aliphatic heterocycles. The van der Waals surface area contributed by atoms with Crippen molar-refractivity contribution in [3.63, 3.8) is 0 Å². The number of rotatable bonds is 4. The van der Waals surface area contributed by atoms with Crippen molar-refractivity contribution < 1.29 is 9.32 Å². The molecule has 0 unspecified atom stereocenters. The summed E-state index contributed by atoms with van der Waals surface area (Å²) in [5.74, 6) is 5.97. The molecule has 106 valence electrons. The predicted octanol–water partition coefficient (Wildman–Crippen LogP) is 1.56. The Kier molecular flexibility index (Phi) is 4.21. The maximum absolute atomic E-state index is 12.1. The Hall–Kier alpha value is -2.12. The van der Waals surface area contributed by atoms with Crippen molar-refractivity contribution in [1.82, 2.24) is 15.5 Å². The zero-order valence-corrected chi connectivity index (χ0v) is 11.8. The molecule has 0 aliphatic rings. The van der Waals surface area contributed by atoms with Gasteiger partial charge in [0.1, 0.15) is 16.7 Å². The van der Waals surface area contributed by atoms with E-state index in [1.165, 1.54) is 12.1 Å². The van der Waals surface area contributed by atoms with E-state index in [-0.39, 0.29) is 11.1 Å². The number of nitrogens with zero attached hydrogens (tertiary/aromatic N) is 2. The Bertz CT molecular complexity index is 621. The fourth-order valence-corrected chi connectivity index (χ4v) is 1.94. The summed E-state index contributed by atoms with van der Waals surface area (Å²) in [6.45, 7) is 3.93. The second kappa shape index (κ2) is 5.89. The van der Waals surface area contributed by atoms with E-state index in [0.29, 0.717) is 23.7 Å². The standard InChI is InChI=1S/C12H14ClN5O2/c1-6-9(7(2)20-18-6)5-15-12(19)8-3-10(13)16-11(4-8)17-14/h3-4H,5,14H2,1-2H3,(H,15,19)(H,16,17). The monoisotopic (exact) mass is 295 g/mol. The number of hydrazine groups is 1. The van der Waals surface area contributed by atoms with Gasteiger partial charge in [0, 0.05) is 17.7 Å². The molecule has 20 heavy (non-hydrogen) atoms. The van der Waals surface area contributed by atoms with Crippen LogP contribution >= 0.6 is 11.6 Å². The molecular weight excluding hydrogens is 282 g/mol. The summed E-state index contributed by atoms with van der Waals surface area (Å²) in [6.07, 6.45) is 0. The maximum atomic E-state index is 12.1. The minimum absolute atomic E-state index is 0.183. The van der Waals surface area contributed by atoms with E-state index in [2.05, 4.69) is 20.9 Å². The van der Waals surface area contributed by atoms with Gasteiger partial charge in [-0.3, -0.25) is 4.79 Å². The number of carbonyl (C=O) groups is 1. The highest BCUT2D eigenvalue weighted by Gasteiger charge is 2.12. The summed E-state index contributed by atoms with van der Waals surface area (Å²) in [5.41, 5.74) is 4.32. The number of hydrogen-bond donors (Lipinski definition) is 3. The van der Waals surface area contributed by atoms with Crippen LogP contribution in [0.2, 0.25) is 5.15 Å². The Morgan fingerprint density at radius 2 is 2.20 bits per heavy atom. The summed E-state index contributed by atoms with van der Waals surface area (Å²) in [7, 11) is 0. The number of carbonyl (C=O) groups excluding carboxylic acids is 1.